The lowest BCUT2D eigenvalue weighted by Crippen LogP contribution is -2.47. The van der Waals surface area contributed by atoms with E-state index in [-0.39, 0.29) is 24.6 Å². The van der Waals surface area contributed by atoms with E-state index in [1.54, 1.807) is 31.2 Å². The number of hydrogen-bond acceptors (Lipinski definition) is 10. The van der Waals surface area contributed by atoms with Crippen LogP contribution < -0.4 is 9.80 Å². The number of rotatable bonds is 7. The van der Waals surface area contributed by atoms with Crippen molar-refractivity contribution in [3.05, 3.63) is 60.6 Å². The summed E-state index contributed by atoms with van der Waals surface area (Å²) in [6, 6.07) is 14.3. The van der Waals surface area contributed by atoms with Crippen LogP contribution in [0.3, 0.4) is 0 Å². The maximum absolute atomic E-state index is 12.8. The van der Waals surface area contributed by atoms with Crippen LogP contribution in [0, 0.1) is 0 Å². The summed E-state index contributed by atoms with van der Waals surface area (Å²) in [6.45, 7) is 4.22. The SMILES string of the molecule is CCOC(=O)c1nn(-c2nc(N3CCN(c4ccc(O)cc4)CC3)nc3ncn(CC(=O)O)c23)c2ccccc12. The zero-order valence-electron chi connectivity index (χ0n) is 21.6. The molecule has 6 rings (SSSR count). The number of phenolic OH excluding ortho intramolecular Hbond substituents is 1. The molecule has 13 heteroatoms. The Bertz CT molecular complexity index is 1720. The van der Waals surface area contributed by atoms with Crippen molar-refractivity contribution in [2.24, 2.45) is 0 Å². The van der Waals surface area contributed by atoms with E-state index < -0.39 is 11.9 Å². The summed E-state index contributed by atoms with van der Waals surface area (Å²) >= 11 is 0. The van der Waals surface area contributed by atoms with E-state index in [0.717, 1.165) is 5.69 Å². The predicted octanol–water partition coefficient (Wildman–Crippen LogP) is 2.46. The number of hydrogen-bond donors (Lipinski definition) is 2. The van der Waals surface area contributed by atoms with E-state index in [9.17, 15) is 19.8 Å². The number of phenols is 1. The topological polar surface area (TPSA) is 152 Å². The van der Waals surface area contributed by atoms with Crippen molar-refractivity contribution in [1.82, 2.24) is 29.3 Å². The molecular weight excluding hydrogens is 516 g/mol. The van der Waals surface area contributed by atoms with Crippen LogP contribution in [-0.4, -0.2) is 84.2 Å². The Balaban J connectivity index is 1.44. The molecule has 0 unspecified atom stereocenters. The fourth-order valence-corrected chi connectivity index (χ4v) is 4.91. The van der Waals surface area contributed by atoms with E-state index in [1.807, 2.05) is 29.2 Å². The molecule has 0 spiro atoms. The molecule has 0 saturated carbocycles. The third-order valence-electron chi connectivity index (χ3n) is 6.78. The van der Waals surface area contributed by atoms with Gasteiger partial charge in [-0.25, -0.2) is 14.5 Å². The zero-order chi connectivity index (χ0) is 27.8. The third-order valence-corrected chi connectivity index (χ3v) is 6.78. The number of para-hydroxylation sites is 1. The number of benzene rings is 2. The molecule has 3 aromatic heterocycles. The largest absolute Gasteiger partial charge is 0.508 e. The molecule has 0 aliphatic carbocycles. The van der Waals surface area contributed by atoms with Crippen LogP contribution in [0.25, 0.3) is 27.9 Å². The van der Waals surface area contributed by atoms with Crippen molar-refractivity contribution in [2.75, 3.05) is 42.6 Å². The van der Waals surface area contributed by atoms with Crippen molar-refractivity contribution in [2.45, 2.75) is 13.5 Å². The molecule has 2 N–H and O–H groups in total. The highest BCUT2D eigenvalue weighted by atomic mass is 16.5. The number of piperazine rings is 1. The molecule has 0 atom stereocenters. The number of aromatic nitrogens is 6. The standard InChI is InChI=1S/C27H26N8O5/c1-2-40-26(39)22-19-5-3-4-6-20(19)35(31-22)25-23-24(28-16-34(23)15-21(37)38)29-27(30-25)33-13-11-32(12-14-33)17-7-9-18(36)10-8-17/h3-10,16,36H,2,11-15H2,1H3,(H,37,38). The van der Waals surface area contributed by atoms with E-state index in [2.05, 4.69) is 20.0 Å². The van der Waals surface area contributed by atoms with Gasteiger partial charge >= 0.3 is 11.9 Å². The van der Waals surface area contributed by atoms with Gasteiger partial charge in [0.1, 0.15) is 17.8 Å². The number of fused-ring (bicyclic) bond motifs is 2. The lowest BCUT2D eigenvalue weighted by Gasteiger charge is -2.36. The fraction of sp³-hybridized carbons (Fsp3) is 0.259. The molecule has 2 aromatic carbocycles. The van der Waals surface area contributed by atoms with E-state index in [4.69, 9.17) is 9.72 Å². The highest BCUT2D eigenvalue weighted by molar-refractivity contribution is 6.03. The Morgan fingerprint density at radius 1 is 0.975 bits per heavy atom. The van der Waals surface area contributed by atoms with Gasteiger partial charge in [-0.1, -0.05) is 18.2 Å². The zero-order valence-corrected chi connectivity index (χ0v) is 21.6. The second-order valence-electron chi connectivity index (χ2n) is 9.27. The van der Waals surface area contributed by atoms with Gasteiger partial charge in [-0.15, -0.1) is 0 Å². The van der Waals surface area contributed by atoms with Crippen molar-refractivity contribution in [3.8, 4) is 11.6 Å². The maximum Gasteiger partial charge on any atom is 0.359 e. The van der Waals surface area contributed by atoms with Gasteiger partial charge in [-0.05, 0) is 37.3 Å². The molecule has 4 heterocycles. The number of carbonyl (C=O) groups excluding carboxylic acids is 1. The summed E-state index contributed by atoms with van der Waals surface area (Å²) in [5.74, 6) is -0.655. The Kier molecular flexibility index (Phi) is 6.38. The molecule has 0 amide bonds. The van der Waals surface area contributed by atoms with Crippen LogP contribution in [0.15, 0.2) is 54.9 Å². The van der Waals surface area contributed by atoms with Crippen LogP contribution >= 0.6 is 0 Å². The van der Waals surface area contributed by atoms with Crippen molar-refractivity contribution >= 4 is 45.6 Å². The molecule has 5 aromatic rings. The summed E-state index contributed by atoms with van der Waals surface area (Å²) < 4.78 is 8.22. The van der Waals surface area contributed by atoms with Gasteiger partial charge in [0.2, 0.25) is 5.95 Å². The highest BCUT2D eigenvalue weighted by Gasteiger charge is 2.26. The molecule has 40 heavy (non-hydrogen) atoms. The fourth-order valence-electron chi connectivity index (χ4n) is 4.91. The normalized spacial score (nSPS) is 13.7. The smallest absolute Gasteiger partial charge is 0.359 e. The van der Waals surface area contributed by atoms with Gasteiger partial charge in [-0.2, -0.15) is 15.1 Å². The quantitative estimate of drug-likeness (QED) is 0.292. The van der Waals surface area contributed by atoms with Gasteiger partial charge < -0.3 is 29.3 Å². The van der Waals surface area contributed by atoms with Gasteiger partial charge in [-0.3, -0.25) is 4.79 Å². The Morgan fingerprint density at radius 3 is 2.42 bits per heavy atom. The average molecular weight is 543 g/mol. The number of carboxylic acids is 1. The average Bonchev–Trinajstić information content (AvgIpc) is 3.55. The molecule has 1 fully saturated rings. The molecule has 1 aliphatic rings. The first-order chi connectivity index (χ1) is 19.4. The number of nitrogens with zero attached hydrogens (tertiary/aromatic N) is 8. The first kappa shape index (κ1) is 25.1. The summed E-state index contributed by atoms with van der Waals surface area (Å²) in [4.78, 5) is 42.6. The molecule has 0 bridgehead atoms. The molecular formula is C27H26N8O5. The van der Waals surface area contributed by atoms with Crippen molar-refractivity contribution < 1.29 is 24.5 Å². The van der Waals surface area contributed by atoms with Gasteiger partial charge in [0.15, 0.2) is 17.2 Å². The Morgan fingerprint density at radius 2 is 1.70 bits per heavy atom. The van der Waals surface area contributed by atoms with Crippen LogP contribution in [-0.2, 0) is 16.1 Å². The minimum absolute atomic E-state index is 0.137. The van der Waals surface area contributed by atoms with E-state index in [0.29, 0.717) is 60.0 Å². The minimum Gasteiger partial charge on any atom is -0.508 e. The second kappa shape index (κ2) is 10.2. The number of ether oxygens (including phenoxy) is 1. The number of anilines is 2. The van der Waals surface area contributed by atoms with E-state index >= 15 is 0 Å². The molecule has 204 valence electrons. The number of esters is 1. The molecule has 1 aliphatic heterocycles. The van der Waals surface area contributed by atoms with Crippen LogP contribution in [0.2, 0.25) is 0 Å². The monoisotopic (exact) mass is 542 g/mol. The minimum atomic E-state index is -1.04. The number of aromatic hydroxyl groups is 1. The molecule has 0 radical (unpaired) electrons. The predicted molar refractivity (Wildman–Crippen MR) is 146 cm³/mol. The van der Waals surface area contributed by atoms with Crippen molar-refractivity contribution in [1.29, 1.82) is 0 Å². The summed E-state index contributed by atoms with van der Waals surface area (Å²) in [6.07, 6.45) is 1.42. The van der Waals surface area contributed by atoms with Crippen LogP contribution in [0.5, 0.6) is 5.75 Å². The number of aliphatic carboxylic acids is 1. The Hall–Kier alpha value is -5.20. The van der Waals surface area contributed by atoms with Crippen molar-refractivity contribution in [3.63, 3.8) is 0 Å². The second-order valence-corrected chi connectivity index (χ2v) is 9.27. The summed E-state index contributed by atoms with van der Waals surface area (Å²) in [5, 5.41) is 24.3. The van der Waals surface area contributed by atoms with Gasteiger partial charge in [0.25, 0.3) is 0 Å². The lowest BCUT2D eigenvalue weighted by atomic mass is 10.2. The maximum atomic E-state index is 12.8. The van der Waals surface area contributed by atoms with Crippen LogP contribution in [0.1, 0.15) is 17.4 Å². The first-order valence-corrected chi connectivity index (χ1v) is 12.8. The highest BCUT2D eigenvalue weighted by Crippen LogP contribution is 2.28. The summed E-state index contributed by atoms with van der Waals surface area (Å²) in [7, 11) is 0. The number of carbonyl (C=O) groups is 2. The van der Waals surface area contributed by atoms with Crippen LogP contribution in [0.4, 0.5) is 11.6 Å². The van der Waals surface area contributed by atoms with E-state index in [1.165, 1.54) is 15.6 Å². The Labute approximate surface area is 227 Å². The number of carboxylic acid groups (broad SMARTS) is 1. The van der Waals surface area contributed by atoms with Gasteiger partial charge in [0, 0.05) is 37.3 Å². The summed E-state index contributed by atoms with van der Waals surface area (Å²) in [5.41, 5.74) is 2.46. The number of imidazole rings is 1. The first-order valence-electron chi connectivity index (χ1n) is 12.8. The molecule has 13 nitrogen and oxygen atoms in total. The van der Waals surface area contributed by atoms with Gasteiger partial charge in [0.05, 0.1) is 18.5 Å². The third kappa shape index (κ3) is 4.51. The molecule has 1 saturated heterocycles. The lowest BCUT2D eigenvalue weighted by molar-refractivity contribution is -0.137.